The number of aliphatic hydroxyl groups excluding tert-OH is 3. The van der Waals surface area contributed by atoms with Crippen LogP contribution in [0.4, 0.5) is 4.39 Å². The number of para-hydroxylation sites is 1. The maximum Gasteiger partial charge on any atom is 0.165 e. The molecular weight excluding hydrogens is 241 g/mol. The molecule has 1 aromatic rings. The summed E-state index contributed by atoms with van der Waals surface area (Å²) in [4.78, 5) is 0. The Balaban J connectivity index is 2.29. The van der Waals surface area contributed by atoms with Gasteiger partial charge in [-0.3, -0.25) is 0 Å². The second-order valence-corrected chi connectivity index (χ2v) is 3.87. The summed E-state index contributed by atoms with van der Waals surface area (Å²) < 4.78 is 18.3. The first-order chi connectivity index (χ1) is 8.67. The van der Waals surface area contributed by atoms with E-state index in [1.165, 1.54) is 12.1 Å². The topological polar surface area (TPSA) is 82.0 Å². The average Bonchev–Trinajstić information content (AvgIpc) is 2.39. The lowest BCUT2D eigenvalue weighted by Crippen LogP contribution is -2.41. The molecule has 0 aliphatic heterocycles. The SMILES string of the molecule is OCC(CO)NCC(O)COc1ccccc1F. The number of ether oxygens (including phenoxy) is 1. The van der Waals surface area contributed by atoms with Crippen molar-refractivity contribution >= 4 is 0 Å². The second kappa shape index (κ2) is 7.99. The highest BCUT2D eigenvalue weighted by atomic mass is 19.1. The van der Waals surface area contributed by atoms with Crippen LogP contribution in [0.3, 0.4) is 0 Å². The van der Waals surface area contributed by atoms with Gasteiger partial charge in [0.05, 0.1) is 19.3 Å². The van der Waals surface area contributed by atoms with Crippen molar-refractivity contribution in [3.05, 3.63) is 30.1 Å². The molecule has 0 saturated heterocycles. The van der Waals surface area contributed by atoms with Crippen molar-refractivity contribution in [2.24, 2.45) is 0 Å². The van der Waals surface area contributed by atoms with Gasteiger partial charge in [-0.2, -0.15) is 0 Å². The molecule has 0 bridgehead atoms. The molecule has 4 N–H and O–H groups in total. The van der Waals surface area contributed by atoms with Gasteiger partial charge in [0.15, 0.2) is 11.6 Å². The normalized spacial score (nSPS) is 12.7. The molecule has 1 rings (SSSR count). The Morgan fingerprint density at radius 1 is 1.22 bits per heavy atom. The van der Waals surface area contributed by atoms with Gasteiger partial charge in [0.25, 0.3) is 0 Å². The van der Waals surface area contributed by atoms with E-state index in [1.807, 2.05) is 0 Å². The zero-order valence-electron chi connectivity index (χ0n) is 9.92. The van der Waals surface area contributed by atoms with Crippen LogP contribution in [-0.4, -0.2) is 53.8 Å². The predicted octanol–water partition coefficient (Wildman–Crippen LogP) is -0.492. The van der Waals surface area contributed by atoms with Gasteiger partial charge in [0, 0.05) is 6.54 Å². The highest BCUT2D eigenvalue weighted by molar-refractivity contribution is 5.23. The van der Waals surface area contributed by atoms with Crippen LogP contribution in [0.5, 0.6) is 5.75 Å². The number of hydrogen-bond donors (Lipinski definition) is 4. The fraction of sp³-hybridized carbons (Fsp3) is 0.500. The molecule has 1 unspecified atom stereocenters. The predicted molar refractivity (Wildman–Crippen MR) is 63.9 cm³/mol. The number of nitrogens with one attached hydrogen (secondary N) is 1. The first-order valence-corrected chi connectivity index (χ1v) is 5.68. The summed E-state index contributed by atoms with van der Waals surface area (Å²) >= 11 is 0. The molecule has 0 fully saturated rings. The minimum atomic E-state index is -0.856. The number of aliphatic hydroxyl groups is 3. The van der Waals surface area contributed by atoms with E-state index in [1.54, 1.807) is 12.1 Å². The zero-order valence-corrected chi connectivity index (χ0v) is 9.92. The van der Waals surface area contributed by atoms with Gasteiger partial charge in [-0.1, -0.05) is 12.1 Å². The third kappa shape index (κ3) is 4.97. The van der Waals surface area contributed by atoms with Gasteiger partial charge >= 0.3 is 0 Å². The van der Waals surface area contributed by atoms with E-state index in [0.29, 0.717) is 0 Å². The quantitative estimate of drug-likeness (QED) is 0.506. The maximum absolute atomic E-state index is 13.2. The lowest BCUT2D eigenvalue weighted by atomic mass is 10.3. The molecule has 102 valence electrons. The third-order valence-corrected chi connectivity index (χ3v) is 2.35. The summed E-state index contributed by atoms with van der Waals surface area (Å²) in [6.07, 6.45) is -0.856. The molecule has 0 spiro atoms. The number of hydrogen-bond acceptors (Lipinski definition) is 5. The minimum absolute atomic E-state index is 0.0719. The molecule has 0 aliphatic carbocycles. The van der Waals surface area contributed by atoms with Crippen LogP contribution >= 0.6 is 0 Å². The first kappa shape index (κ1) is 14.8. The molecule has 18 heavy (non-hydrogen) atoms. The fourth-order valence-electron chi connectivity index (χ4n) is 1.30. The first-order valence-electron chi connectivity index (χ1n) is 5.68. The molecule has 1 aromatic carbocycles. The second-order valence-electron chi connectivity index (χ2n) is 3.87. The lowest BCUT2D eigenvalue weighted by Gasteiger charge is -2.17. The number of benzene rings is 1. The largest absolute Gasteiger partial charge is 0.488 e. The third-order valence-electron chi connectivity index (χ3n) is 2.35. The Hall–Kier alpha value is -1.21. The van der Waals surface area contributed by atoms with Crippen LogP contribution in [0.25, 0.3) is 0 Å². The molecule has 0 saturated carbocycles. The van der Waals surface area contributed by atoms with E-state index >= 15 is 0 Å². The van der Waals surface area contributed by atoms with Crippen LogP contribution in [0.2, 0.25) is 0 Å². The van der Waals surface area contributed by atoms with Crippen LogP contribution in [0.15, 0.2) is 24.3 Å². The van der Waals surface area contributed by atoms with Crippen molar-refractivity contribution in [3.8, 4) is 5.75 Å². The summed E-state index contributed by atoms with van der Waals surface area (Å²) in [6, 6.07) is 5.45. The number of halogens is 1. The van der Waals surface area contributed by atoms with E-state index in [2.05, 4.69) is 5.32 Å². The van der Waals surface area contributed by atoms with Crippen LogP contribution in [0, 0.1) is 5.82 Å². The summed E-state index contributed by atoms with van der Waals surface area (Å²) in [5.74, 6) is -0.404. The molecule has 0 aromatic heterocycles. The zero-order chi connectivity index (χ0) is 13.4. The fourth-order valence-corrected chi connectivity index (χ4v) is 1.30. The van der Waals surface area contributed by atoms with Crippen molar-refractivity contribution in [2.45, 2.75) is 12.1 Å². The van der Waals surface area contributed by atoms with Gasteiger partial charge in [0.2, 0.25) is 0 Å². The minimum Gasteiger partial charge on any atom is -0.488 e. The molecule has 0 heterocycles. The van der Waals surface area contributed by atoms with E-state index in [0.717, 1.165) is 0 Å². The molecule has 0 aliphatic rings. The molecule has 6 heteroatoms. The Morgan fingerprint density at radius 2 is 1.89 bits per heavy atom. The van der Waals surface area contributed by atoms with Crippen molar-refractivity contribution in [3.63, 3.8) is 0 Å². The summed E-state index contributed by atoms with van der Waals surface area (Å²) in [7, 11) is 0. The Bertz CT molecular complexity index is 347. The van der Waals surface area contributed by atoms with E-state index in [-0.39, 0.29) is 32.1 Å². The molecule has 0 radical (unpaired) electrons. The van der Waals surface area contributed by atoms with Gasteiger partial charge in [-0.15, -0.1) is 0 Å². The van der Waals surface area contributed by atoms with Gasteiger partial charge < -0.3 is 25.4 Å². The maximum atomic E-state index is 13.2. The van der Waals surface area contributed by atoms with Crippen LogP contribution in [0.1, 0.15) is 0 Å². The molecular formula is C12H18FNO4. The highest BCUT2D eigenvalue weighted by Crippen LogP contribution is 2.15. The van der Waals surface area contributed by atoms with Crippen LogP contribution < -0.4 is 10.1 Å². The van der Waals surface area contributed by atoms with Gasteiger partial charge in [-0.25, -0.2) is 4.39 Å². The van der Waals surface area contributed by atoms with Gasteiger partial charge in [-0.05, 0) is 12.1 Å². The highest BCUT2D eigenvalue weighted by Gasteiger charge is 2.10. The van der Waals surface area contributed by atoms with Crippen molar-refractivity contribution in [1.82, 2.24) is 5.32 Å². The Labute approximate surface area is 105 Å². The van der Waals surface area contributed by atoms with Crippen molar-refractivity contribution in [1.29, 1.82) is 0 Å². The summed E-state index contributed by atoms with van der Waals surface area (Å²) in [5, 5.41) is 29.9. The smallest absolute Gasteiger partial charge is 0.165 e. The van der Waals surface area contributed by atoms with E-state index < -0.39 is 18.0 Å². The van der Waals surface area contributed by atoms with E-state index in [9.17, 15) is 9.50 Å². The molecule has 5 nitrogen and oxygen atoms in total. The Morgan fingerprint density at radius 3 is 2.50 bits per heavy atom. The van der Waals surface area contributed by atoms with Crippen molar-refractivity contribution in [2.75, 3.05) is 26.4 Å². The average molecular weight is 259 g/mol. The van der Waals surface area contributed by atoms with Crippen LogP contribution in [-0.2, 0) is 0 Å². The van der Waals surface area contributed by atoms with E-state index in [4.69, 9.17) is 14.9 Å². The molecule has 0 amide bonds. The Kier molecular flexibility index (Phi) is 6.59. The van der Waals surface area contributed by atoms with Crippen molar-refractivity contribution < 1.29 is 24.4 Å². The van der Waals surface area contributed by atoms with Gasteiger partial charge in [0.1, 0.15) is 12.7 Å². The molecule has 1 atom stereocenters. The number of rotatable bonds is 8. The monoisotopic (exact) mass is 259 g/mol. The summed E-state index contributed by atoms with van der Waals surface area (Å²) in [6.45, 7) is -0.382. The summed E-state index contributed by atoms with van der Waals surface area (Å²) in [5.41, 5.74) is 0. The lowest BCUT2D eigenvalue weighted by molar-refractivity contribution is 0.0913. The standard InChI is InChI=1S/C12H18FNO4/c13-11-3-1-2-4-12(11)18-8-10(17)5-14-9(6-15)7-16/h1-4,9-10,14-17H,5-8H2.